The number of hydrogen-bond acceptors (Lipinski definition) is 8. The minimum absolute atomic E-state index is 0.0323. The van der Waals surface area contributed by atoms with Gasteiger partial charge in [0.2, 0.25) is 5.91 Å². The molecule has 49 heavy (non-hydrogen) atoms. The lowest BCUT2D eigenvalue weighted by atomic mass is 9.97. The molecule has 0 saturated carbocycles. The van der Waals surface area contributed by atoms with E-state index in [0.717, 1.165) is 40.9 Å². The zero-order valence-corrected chi connectivity index (χ0v) is 27.2. The number of carbonyl (C=O) groups excluding carboxylic acids is 2. The number of ether oxygens (including phenoxy) is 2. The second-order valence-electron chi connectivity index (χ2n) is 10.9. The molecule has 0 radical (unpaired) electrons. The number of alkyl halides is 3. The number of nitrogens with zero attached hydrogens (tertiary/aromatic N) is 2. The smallest absolute Gasteiger partial charge is 0.420 e. The summed E-state index contributed by atoms with van der Waals surface area (Å²) >= 11 is 6.18. The molecule has 2 N–H and O–H groups in total. The van der Waals surface area contributed by atoms with Gasteiger partial charge >= 0.3 is 12.1 Å². The molecule has 258 valence electrons. The maximum absolute atomic E-state index is 14.5. The van der Waals surface area contributed by atoms with Crippen LogP contribution < -0.4 is 10.1 Å². The first-order valence-corrected chi connectivity index (χ1v) is 16.0. The number of nitrogens with one attached hydrogen (secondary N) is 1. The molecule has 0 unspecified atom stereocenters. The molecule has 2 amide bonds. The van der Waals surface area contributed by atoms with Gasteiger partial charge in [-0.05, 0) is 65.7 Å². The van der Waals surface area contributed by atoms with E-state index in [-0.39, 0.29) is 51.1 Å². The number of morpholine rings is 1. The van der Waals surface area contributed by atoms with Gasteiger partial charge in [0, 0.05) is 43.9 Å². The van der Waals surface area contributed by atoms with E-state index >= 15 is 0 Å². The number of amides is 2. The molecule has 0 aliphatic carbocycles. The molecule has 3 aromatic carbocycles. The fourth-order valence-corrected chi connectivity index (χ4v) is 6.34. The summed E-state index contributed by atoms with van der Waals surface area (Å²) in [7, 11) is 0. The third-order valence-corrected chi connectivity index (χ3v) is 8.95. The van der Waals surface area contributed by atoms with Gasteiger partial charge in [0.1, 0.15) is 16.7 Å². The summed E-state index contributed by atoms with van der Waals surface area (Å²) in [5.41, 5.74) is -1.07. The number of carbonyl (C=O) groups is 3. The highest BCUT2D eigenvalue weighted by Gasteiger charge is 2.38. The topological polar surface area (TPSA) is 108 Å². The Bertz CT molecular complexity index is 1800. The van der Waals surface area contributed by atoms with E-state index in [1.54, 1.807) is 0 Å². The lowest BCUT2D eigenvalue weighted by Gasteiger charge is -2.27. The standard InChI is InChI=1S/C33H28F5N3O6S2/c34-25-6-3-20(17-26(25)35)21-15-22(29(24(16-21)33(36,37)38)47-14-11-40-9-12-46-13-10-40)18-27-30(43)41(32(48)49-27)8-7-28(42)39-23-4-1-19(2-5-23)31(44)45/h1-6,15-18H,7-14H2,(H,39,42)(H,44,45)/b27-18-. The number of rotatable bonds is 11. The first-order chi connectivity index (χ1) is 23.3. The number of carboxylic acid groups (broad SMARTS) is 1. The second-order valence-corrected chi connectivity index (χ2v) is 12.6. The third-order valence-electron chi connectivity index (χ3n) is 7.57. The Morgan fingerprint density at radius 3 is 2.37 bits per heavy atom. The van der Waals surface area contributed by atoms with Crippen LogP contribution >= 0.6 is 24.0 Å². The zero-order valence-electron chi connectivity index (χ0n) is 25.5. The summed E-state index contributed by atoms with van der Waals surface area (Å²) in [4.78, 5) is 40.1. The van der Waals surface area contributed by atoms with E-state index in [1.165, 1.54) is 36.4 Å². The molecule has 9 nitrogen and oxygen atoms in total. The molecule has 0 atom stereocenters. The van der Waals surface area contributed by atoms with Crippen LogP contribution in [0.2, 0.25) is 0 Å². The first-order valence-electron chi connectivity index (χ1n) is 14.8. The van der Waals surface area contributed by atoms with Crippen molar-refractivity contribution in [1.82, 2.24) is 9.80 Å². The van der Waals surface area contributed by atoms with E-state index in [0.29, 0.717) is 38.5 Å². The molecule has 3 aromatic rings. The highest BCUT2D eigenvalue weighted by molar-refractivity contribution is 8.26. The molecular formula is C33H28F5N3O6S2. The van der Waals surface area contributed by atoms with Gasteiger partial charge in [-0.2, -0.15) is 13.2 Å². The van der Waals surface area contributed by atoms with Gasteiger partial charge in [0.05, 0.1) is 29.2 Å². The van der Waals surface area contributed by atoms with Crippen molar-refractivity contribution in [3.63, 3.8) is 0 Å². The van der Waals surface area contributed by atoms with Crippen molar-refractivity contribution in [2.45, 2.75) is 12.6 Å². The van der Waals surface area contributed by atoms with Crippen molar-refractivity contribution in [2.24, 2.45) is 0 Å². The summed E-state index contributed by atoms with van der Waals surface area (Å²) in [5, 5.41) is 11.6. The average Bonchev–Trinajstić information content (AvgIpc) is 3.32. The van der Waals surface area contributed by atoms with Crippen LogP contribution in [0.5, 0.6) is 5.75 Å². The maximum Gasteiger partial charge on any atom is 0.420 e. The number of aromatic carboxylic acids is 1. The molecule has 2 saturated heterocycles. The molecule has 0 spiro atoms. The van der Waals surface area contributed by atoms with E-state index < -0.39 is 46.9 Å². The number of anilines is 1. The van der Waals surface area contributed by atoms with E-state index in [4.69, 9.17) is 26.8 Å². The van der Waals surface area contributed by atoms with Gasteiger partial charge in [0.15, 0.2) is 11.6 Å². The fraction of sp³-hybridized carbons (Fsp3) is 0.273. The van der Waals surface area contributed by atoms with Crippen LogP contribution in [-0.4, -0.2) is 83.0 Å². The minimum atomic E-state index is -4.92. The number of thioether (sulfide) groups is 1. The molecule has 5 rings (SSSR count). The quantitative estimate of drug-likeness (QED) is 0.134. The van der Waals surface area contributed by atoms with Gasteiger partial charge in [0.25, 0.3) is 5.91 Å². The van der Waals surface area contributed by atoms with Gasteiger partial charge in [-0.1, -0.05) is 30.0 Å². The van der Waals surface area contributed by atoms with Crippen LogP contribution in [-0.2, 0) is 20.5 Å². The van der Waals surface area contributed by atoms with Gasteiger partial charge in [-0.25, -0.2) is 13.6 Å². The second kappa shape index (κ2) is 15.4. The summed E-state index contributed by atoms with van der Waals surface area (Å²) in [5.74, 6) is -5.24. The maximum atomic E-state index is 14.5. The van der Waals surface area contributed by atoms with E-state index in [1.807, 2.05) is 4.90 Å². The van der Waals surface area contributed by atoms with Gasteiger partial charge in [-0.15, -0.1) is 0 Å². The number of benzene rings is 3. The Hall–Kier alpha value is -4.38. The van der Waals surface area contributed by atoms with Crippen molar-refractivity contribution < 1.29 is 50.9 Å². The van der Waals surface area contributed by atoms with Crippen LogP contribution in [0.25, 0.3) is 17.2 Å². The van der Waals surface area contributed by atoms with Crippen molar-refractivity contribution in [3.05, 3.63) is 87.8 Å². The first kappa shape index (κ1) is 35.9. The van der Waals surface area contributed by atoms with E-state index in [9.17, 15) is 36.3 Å². The van der Waals surface area contributed by atoms with Crippen LogP contribution in [0.4, 0.5) is 27.6 Å². The Balaban J connectivity index is 1.41. The predicted molar refractivity (Wildman–Crippen MR) is 176 cm³/mol. The van der Waals surface area contributed by atoms with Crippen LogP contribution in [0.15, 0.2) is 59.5 Å². The fourth-order valence-electron chi connectivity index (χ4n) is 5.04. The van der Waals surface area contributed by atoms with Crippen molar-refractivity contribution in [3.8, 4) is 16.9 Å². The van der Waals surface area contributed by atoms with E-state index in [2.05, 4.69) is 5.32 Å². The number of thiocarbonyl (C=S) groups is 1. The summed E-state index contributed by atoms with van der Waals surface area (Å²) in [6.45, 7) is 2.15. The van der Waals surface area contributed by atoms with Crippen LogP contribution in [0.1, 0.15) is 27.9 Å². The Morgan fingerprint density at radius 2 is 1.71 bits per heavy atom. The summed E-state index contributed by atoms with van der Waals surface area (Å²) in [6, 6.07) is 10.3. The highest BCUT2D eigenvalue weighted by Crippen LogP contribution is 2.43. The Kier molecular flexibility index (Phi) is 11.3. The molecule has 0 aromatic heterocycles. The molecule has 2 fully saturated rings. The Morgan fingerprint density at radius 1 is 1.00 bits per heavy atom. The third kappa shape index (κ3) is 9.00. The monoisotopic (exact) mass is 721 g/mol. The zero-order chi connectivity index (χ0) is 35.3. The molecule has 2 heterocycles. The Labute approximate surface area is 286 Å². The SMILES string of the molecule is O=C(CCN1C(=O)/C(=C/c2cc(-c3ccc(F)c(F)c3)cc(C(F)(F)F)c2OCCN2CCOCC2)SC1=S)Nc1ccc(C(=O)O)cc1. The van der Waals surface area contributed by atoms with Gasteiger partial charge < -0.3 is 19.9 Å². The largest absolute Gasteiger partial charge is 0.491 e. The average molecular weight is 722 g/mol. The molecule has 0 bridgehead atoms. The molecule has 2 aliphatic heterocycles. The number of halogens is 5. The minimum Gasteiger partial charge on any atom is -0.491 e. The normalized spacial score (nSPS) is 16.3. The van der Waals surface area contributed by atoms with Gasteiger partial charge in [-0.3, -0.25) is 19.4 Å². The van der Waals surface area contributed by atoms with Crippen LogP contribution in [0.3, 0.4) is 0 Å². The number of hydrogen-bond donors (Lipinski definition) is 2. The molecule has 16 heteroatoms. The summed E-state index contributed by atoms with van der Waals surface area (Å²) in [6.07, 6.45) is -3.92. The predicted octanol–water partition coefficient (Wildman–Crippen LogP) is 6.29. The lowest BCUT2D eigenvalue weighted by molar-refractivity contribution is -0.139. The van der Waals surface area contributed by atoms with Crippen LogP contribution in [0, 0.1) is 11.6 Å². The number of carboxylic acids is 1. The van der Waals surface area contributed by atoms with Crippen molar-refractivity contribution >= 4 is 57.8 Å². The molecule has 2 aliphatic rings. The van der Waals surface area contributed by atoms with Crippen molar-refractivity contribution in [2.75, 3.05) is 51.3 Å². The molecular weight excluding hydrogens is 694 g/mol. The summed E-state index contributed by atoms with van der Waals surface area (Å²) < 4.78 is 82.5. The highest BCUT2D eigenvalue weighted by atomic mass is 32.2. The van der Waals surface area contributed by atoms with Crippen molar-refractivity contribution in [1.29, 1.82) is 0 Å². The lowest BCUT2D eigenvalue weighted by Crippen LogP contribution is -2.38.